The van der Waals surface area contributed by atoms with E-state index < -0.39 is 41.3 Å². The van der Waals surface area contributed by atoms with Crippen LogP contribution in [0.15, 0.2) is 0 Å². The summed E-state index contributed by atoms with van der Waals surface area (Å²) in [6.45, 7) is 1.47. The Balaban J connectivity index is 7.61. The molecule has 184 valence electrons. The van der Waals surface area contributed by atoms with E-state index in [-0.39, 0.29) is 43.9 Å². The molecule has 0 rings (SSSR count). The Morgan fingerprint density at radius 3 is 1.07 bits per heavy atom. The average molecular weight is 512 g/mol. The molecule has 0 amide bonds. The number of hydrogen-bond acceptors (Lipinski definition) is 4. The molecule has 14 heteroatoms. The number of rotatable bonds is 13. The van der Waals surface area contributed by atoms with Crippen LogP contribution in [0.1, 0.15) is 66.2 Å². The second kappa shape index (κ2) is 10.2. The van der Waals surface area contributed by atoms with Crippen LogP contribution in [-0.4, -0.2) is 56.0 Å². The van der Waals surface area contributed by atoms with Crippen molar-refractivity contribution in [3.8, 4) is 0 Å². The van der Waals surface area contributed by atoms with Gasteiger partial charge in [-0.25, -0.2) is 0 Å². The first kappa shape index (κ1) is 29.9. The zero-order chi connectivity index (χ0) is 24.1. The van der Waals surface area contributed by atoms with Gasteiger partial charge in [-0.3, -0.25) is 0 Å². The van der Waals surface area contributed by atoms with E-state index in [9.17, 15) is 43.2 Å². The third-order valence-corrected chi connectivity index (χ3v) is 19.7. The van der Waals surface area contributed by atoms with Crippen LogP contribution in [0.3, 0.4) is 0 Å². The van der Waals surface area contributed by atoms with Crippen LogP contribution in [-0.2, 0) is 20.0 Å². The van der Waals surface area contributed by atoms with Crippen LogP contribution in [0.4, 0.5) is 26.3 Å². The monoisotopic (exact) mass is 511 g/mol. The van der Waals surface area contributed by atoms with E-state index in [1.165, 1.54) is 6.92 Å². The third kappa shape index (κ3) is 5.61. The van der Waals surface area contributed by atoms with Gasteiger partial charge in [-0.2, -0.15) is 0 Å². The summed E-state index contributed by atoms with van der Waals surface area (Å²) in [7, 11) is -13.6. The van der Waals surface area contributed by atoms with Gasteiger partial charge in [-0.1, -0.05) is 0 Å². The van der Waals surface area contributed by atoms with Gasteiger partial charge in [0.05, 0.1) is 0 Å². The summed E-state index contributed by atoms with van der Waals surface area (Å²) < 4.78 is 130. The molecule has 0 aromatic heterocycles. The number of unbranched alkanes of at least 4 members (excludes halogenated alkanes) is 3. The molecule has 0 spiro atoms. The summed E-state index contributed by atoms with van der Waals surface area (Å²) in [6, 6.07) is 0. The molecule has 30 heavy (non-hydrogen) atoms. The van der Waals surface area contributed by atoms with Crippen molar-refractivity contribution in [1.29, 1.82) is 0 Å². The van der Waals surface area contributed by atoms with E-state index in [1.54, 1.807) is 20.8 Å². The van der Waals surface area contributed by atoms with E-state index in [2.05, 4.69) is 0 Å². The van der Waals surface area contributed by atoms with Crippen molar-refractivity contribution < 1.29 is 43.2 Å². The molecule has 0 unspecified atom stereocenters. The Kier molecular flexibility index (Phi) is 10.2. The van der Waals surface area contributed by atoms with Crippen LogP contribution in [0.2, 0.25) is 0 Å². The van der Waals surface area contributed by atoms with Gasteiger partial charge in [0, 0.05) is 0 Å². The minimum atomic E-state index is -6.82. The molecule has 0 radical (unpaired) electrons. The van der Waals surface area contributed by atoms with E-state index in [4.69, 9.17) is 0 Å². The first-order valence-electron chi connectivity index (χ1n) is 9.87. The topological polar surface area (TPSA) is 71.5 Å². The molecule has 0 fully saturated rings. The van der Waals surface area contributed by atoms with Gasteiger partial charge in [0.2, 0.25) is 0 Å². The van der Waals surface area contributed by atoms with Crippen molar-refractivity contribution in [1.82, 2.24) is 3.48 Å². The van der Waals surface area contributed by atoms with Crippen molar-refractivity contribution in [2.45, 2.75) is 77.2 Å². The van der Waals surface area contributed by atoms with Crippen molar-refractivity contribution in [2.24, 2.45) is 0 Å². The molecule has 0 heterocycles. The molecule has 0 saturated carbocycles. The quantitative estimate of drug-likeness (QED) is 0.229. The molecule has 0 aromatic rings. The summed E-state index contributed by atoms with van der Waals surface area (Å²) in [6.07, 6.45) is 0.168. The third-order valence-electron chi connectivity index (χ3n) is 5.53. The maximum atomic E-state index is 13.6. The fourth-order valence-corrected chi connectivity index (χ4v) is 19.0. The van der Waals surface area contributed by atoms with Crippen molar-refractivity contribution in [2.75, 3.05) is 24.6 Å². The molecule has 0 aromatic carbocycles. The number of nitrogens with zero attached hydrogens (tertiary/aromatic N) is 1. The van der Waals surface area contributed by atoms with Gasteiger partial charge in [0.1, 0.15) is 0 Å². The predicted molar refractivity (Wildman–Crippen MR) is 109 cm³/mol. The molecule has 0 aliphatic heterocycles. The fraction of sp³-hybridized carbons (Fsp3) is 1.00. The zero-order valence-corrected chi connectivity index (χ0v) is 20.2. The summed E-state index contributed by atoms with van der Waals surface area (Å²) in [5, 5.41) is 0. The second-order valence-electron chi connectivity index (χ2n) is 7.53. The Morgan fingerprint density at radius 2 is 0.900 bits per heavy atom. The van der Waals surface area contributed by atoms with E-state index in [0.717, 1.165) is 0 Å². The molecule has 0 aliphatic rings. The molecule has 0 aliphatic carbocycles. The predicted octanol–water partition coefficient (Wildman–Crippen LogP) is 5.88. The molecular weight excluding hydrogens is 479 g/mol. The Hall–Kier alpha value is -0.130. The second-order valence-corrected chi connectivity index (χ2v) is 18.1. The van der Waals surface area contributed by atoms with Crippen LogP contribution < -0.4 is 0 Å². The number of hydrogen-bond donors (Lipinski definition) is 0. The molecule has 0 atom stereocenters. The first-order valence-corrected chi connectivity index (χ1v) is 15.7. The normalized spacial score (nSPS) is 15.9. The van der Waals surface area contributed by atoms with Crippen molar-refractivity contribution >= 4 is 26.8 Å². The van der Waals surface area contributed by atoms with Gasteiger partial charge in [-0.15, -0.1) is 0 Å². The van der Waals surface area contributed by atoms with Gasteiger partial charge in [0.25, 0.3) is 0 Å². The maximum absolute atomic E-state index is 13.6. The molecule has 5 nitrogen and oxygen atoms in total. The van der Waals surface area contributed by atoms with Crippen LogP contribution in [0, 0.1) is 0 Å². The zero-order valence-electron chi connectivity index (χ0n) is 17.7. The number of alkyl halides is 6. The SMILES string of the molecule is CCCCP(CC)(CCCC)(CCCC)N(S(=O)(=O)C(F)(F)F)S(=O)(=O)C(F)(F)F. The Labute approximate surface area is 175 Å². The van der Waals surface area contributed by atoms with Crippen molar-refractivity contribution in [3.63, 3.8) is 0 Å². The standard InChI is InChI=1S/C16H32F6NO4PS2/c1-5-9-12-28(8-4,13-10-6-2,14-11-7-3)23(29(24,25)15(17,18)19)30(26,27)16(20,21)22/h5-14H2,1-4H3. The minimum absolute atomic E-state index is 0.121. The molecule has 0 saturated heterocycles. The van der Waals surface area contributed by atoms with Gasteiger partial charge >= 0.3 is 175 Å². The Bertz CT molecular complexity index is 697. The summed E-state index contributed by atoms with van der Waals surface area (Å²) in [5.74, 6) is 0. The first-order chi connectivity index (χ1) is 13.4. The van der Waals surface area contributed by atoms with Crippen LogP contribution in [0.5, 0.6) is 0 Å². The van der Waals surface area contributed by atoms with Crippen LogP contribution in [0.25, 0.3) is 0 Å². The fourth-order valence-electron chi connectivity index (χ4n) is 3.78. The van der Waals surface area contributed by atoms with Gasteiger partial charge < -0.3 is 0 Å². The van der Waals surface area contributed by atoms with Gasteiger partial charge in [-0.05, 0) is 0 Å². The Morgan fingerprint density at radius 1 is 0.633 bits per heavy atom. The van der Waals surface area contributed by atoms with Crippen molar-refractivity contribution in [3.05, 3.63) is 0 Å². The van der Waals surface area contributed by atoms with E-state index in [1.807, 2.05) is 0 Å². The number of sulfonamides is 2. The molecule has 0 N–H and O–H groups in total. The van der Waals surface area contributed by atoms with Gasteiger partial charge in [0.15, 0.2) is 0 Å². The summed E-state index contributed by atoms with van der Waals surface area (Å²) in [4.78, 5) is 0. The average Bonchev–Trinajstić information content (AvgIpc) is 2.61. The molecular formula is C16H32F6NO4PS2. The number of halogens is 6. The molecule has 0 bridgehead atoms. The summed E-state index contributed by atoms with van der Waals surface area (Å²) in [5.41, 5.74) is -12.4. The van der Waals surface area contributed by atoms with E-state index >= 15 is 0 Å². The van der Waals surface area contributed by atoms with E-state index in [0.29, 0.717) is 19.3 Å². The summed E-state index contributed by atoms with van der Waals surface area (Å²) >= 11 is 0. The van der Waals surface area contributed by atoms with Crippen LogP contribution >= 0.6 is 6.75 Å².